The number of rotatable bonds is 1. The molecule has 5 heteroatoms. The first kappa shape index (κ1) is 8.00. The molecule has 0 spiro atoms. The van der Waals surface area contributed by atoms with Gasteiger partial charge in [-0.15, -0.1) is 11.3 Å². The lowest BCUT2D eigenvalue weighted by Crippen LogP contribution is -2.14. The van der Waals surface area contributed by atoms with Gasteiger partial charge in [-0.1, -0.05) is 12.1 Å². The van der Waals surface area contributed by atoms with Crippen molar-refractivity contribution >= 4 is 27.4 Å². The highest BCUT2D eigenvalue weighted by Gasteiger charge is 2.05. The number of fused-ring (bicyclic) bond motifs is 1. The van der Waals surface area contributed by atoms with Crippen LogP contribution >= 0.6 is 11.3 Å². The van der Waals surface area contributed by atoms with Gasteiger partial charge in [-0.2, -0.15) is 5.10 Å². The van der Waals surface area contributed by atoms with E-state index in [1.165, 1.54) is 11.3 Å². The first-order chi connectivity index (χ1) is 6.31. The molecule has 2 rings (SSSR count). The Kier molecular flexibility index (Phi) is 1.86. The Morgan fingerprint density at radius 2 is 2.15 bits per heavy atom. The minimum absolute atomic E-state index is 0.279. The van der Waals surface area contributed by atoms with E-state index in [1.807, 2.05) is 24.3 Å². The van der Waals surface area contributed by atoms with E-state index in [0.717, 1.165) is 10.2 Å². The number of hydrazone groups is 1. The number of benzene rings is 1. The predicted octanol–water partition coefficient (Wildman–Crippen LogP) is 0.875. The topological polar surface area (TPSA) is 77.3 Å². The van der Waals surface area contributed by atoms with Gasteiger partial charge in [0.2, 0.25) is 0 Å². The Labute approximate surface area is 78.9 Å². The van der Waals surface area contributed by atoms with E-state index in [-0.39, 0.29) is 5.84 Å². The maximum atomic E-state index is 5.53. The molecular formula is C8H8N4S. The number of nitrogens with two attached hydrogens (primary N) is 2. The highest BCUT2D eigenvalue weighted by atomic mass is 32.1. The molecule has 0 unspecified atom stereocenters. The summed E-state index contributed by atoms with van der Waals surface area (Å²) in [6.07, 6.45) is 0. The lowest BCUT2D eigenvalue weighted by atomic mass is 10.3. The molecule has 13 heavy (non-hydrogen) atoms. The summed E-state index contributed by atoms with van der Waals surface area (Å²) in [5.41, 5.74) is 6.46. The van der Waals surface area contributed by atoms with E-state index in [9.17, 15) is 0 Å². The molecule has 0 aliphatic heterocycles. The number of amidine groups is 1. The summed E-state index contributed by atoms with van der Waals surface area (Å²) < 4.78 is 1.09. The zero-order valence-electron chi connectivity index (χ0n) is 6.77. The molecule has 0 amide bonds. The third kappa shape index (κ3) is 1.33. The van der Waals surface area contributed by atoms with Crippen LogP contribution in [0.25, 0.3) is 10.2 Å². The SMILES string of the molecule is N/N=C(\N)c1nc2ccccc2s1. The Hall–Kier alpha value is -1.62. The monoisotopic (exact) mass is 192 g/mol. The van der Waals surface area contributed by atoms with Crippen LogP contribution in [0.3, 0.4) is 0 Å². The number of aromatic nitrogens is 1. The van der Waals surface area contributed by atoms with Crippen molar-refractivity contribution in [3.8, 4) is 0 Å². The van der Waals surface area contributed by atoms with Crippen LogP contribution in [0, 0.1) is 0 Å². The quantitative estimate of drug-likeness (QED) is 0.304. The van der Waals surface area contributed by atoms with Crippen LogP contribution in [0.5, 0.6) is 0 Å². The van der Waals surface area contributed by atoms with E-state index in [4.69, 9.17) is 11.6 Å². The molecular weight excluding hydrogens is 184 g/mol. The first-order valence-corrected chi connectivity index (χ1v) is 4.52. The van der Waals surface area contributed by atoms with Gasteiger partial charge in [0.25, 0.3) is 0 Å². The number of para-hydroxylation sites is 1. The molecule has 2 aromatic rings. The van der Waals surface area contributed by atoms with Gasteiger partial charge in [0.05, 0.1) is 10.2 Å². The Bertz CT molecular complexity index is 427. The largest absolute Gasteiger partial charge is 0.380 e. The average Bonchev–Trinajstić information content (AvgIpc) is 2.59. The lowest BCUT2D eigenvalue weighted by molar-refractivity contribution is 1.22. The van der Waals surface area contributed by atoms with Crippen molar-refractivity contribution in [2.75, 3.05) is 0 Å². The second-order valence-corrected chi connectivity index (χ2v) is 3.53. The minimum Gasteiger partial charge on any atom is -0.380 e. The minimum atomic E-state index is 0.279. The lowest BCUT2D eigenvalue weighted by Gasteiger charge is -1.87. The van der Waals surface area contributed by atoms with Gasteiger partial charge in [0, 0.05) is 0 Å². The fraction of sp³-hybridized carbons (Fsp3) is 0. The average molecular weight is 192 g/mol. The second kappa shape index (κ2) is 3.02. The van der Waals surface area contributed by atoms with Gasteiger partial charge in [0.15, 0.2) is 10.8 Å². The van der Waals surface area contributed by atoms with Gasteiger partial charge >= 0.3 is 0 Å². The molecule has 0 radical (unpaired) electrons. The van der Waals surface area contributed by atoms with Crippen LogP contribution in [-0.2, 0) is 0 Å². The van der Waals surface area contributed by atoms with Crippen molar-refractivity contribution in [3.63, 3.8) is 0 Å². The number of thiazole rings is 1. The van der Waals surface area contributed by atoms with Crippen LogP contribution in [0.4, 0.5) is 0 Å². The molecule has 0 saturated heterocycles. The summed E-state index contributed by atoms with van der Waals surface area (Å²) in [5, 5.41) is 4.07. The third-order valence-corrected chi connectivity index (χ3v) is 2.71. The normalized spacial score (nSPS) is 12.2. The molecule has 4 N–H and O–H groups in total. The molecule has 0 bridgehead atoms. The van der Waals surface area contributed by atoms with Crippen LogP contribution < -0.4 is 11.6 Å². The summed E-state index contributed by atoms with van der Waals surface area (Å²) in [5.74, 6) is 5.33. The summed E-state index contributed by atoms with van der Waals surface area (Å²) in [6, 6.07) is 7.81. The number of nitrogens with zero attached hydrogens (tertiary/aromatic N) is 2. The van der Waals surface area contributed by atoms with Crippen molar-refractivity contribution in [3.05, 3.63) is 29.3 Å². The molecule has 0 saturated carbocycles. The fourth-order valence-corrected chi connectivity index (χ4v) is 1.91. The van der Waals surface area contributed by atoms with Gasteiger partial charge in [0.1, 0.15) is 0 Å². The second-order valence-electron chi connectivity index (χ2n) is 2.50. The highest BCUT2D eigenvalue weighted by molar-refractivity contribution is 7.20. The molecule has 4 nitrogen and oxygen atoms in total. The number of hydrogen-bond donors (Lipinski definition) is 2. The molecule has 0 aliphatic carbocycles. The molecule has 0 aliphatic rings. The van der Waals surface area contributed by atoms with Gasteiger partial charge in [-0.05, 0) is 12.1 Å². The molecule has 1 heterocycles. The summed E-state index contributed by atoms with van der Waals surface area (Å²) in [7, 11) is 0. The molecule has 0 fully saturated rings. The number of hydrogen-bond acceptors (Lipinski definition) is 4. The van der Waals surface area contributed by atoms with Crippen molar-refractivity contribution < 1.29 is 0 Å². The maximum absolute atomic E-state index is 5.53. The molecule has 1 aromatic carbocycles. The van der Waals surface area contributed by atoms with E-state index in [1.54, 1.807) is 0 Å². The smallest absolute Gasteiger partial charge is 0.179 e. The first-order valence-electron chi connectivity index (χ1n) is 3.70. The third-order valence-electron chi connectivity index (χ3n) is 1.65. The van der Waals surface area contributed by atoms with Gasteiger partial charge in [-0.25, -0.2) is 4.98 Å². The Morgan fingerprint density at radius 3 is 2.85 bits per heavy atom. The van der Waals surface area contributed by atoms with Crippen LogP contribution in [0.1, 0.15) is 5.01 Å². The van der Waals surface area contributed by atoms with Crippen molar-refractivity contribution in [1.29, 1.82) is 0 Å². The van der Waals surface area contributed by atoms with Gasteiger partial charge < -0.3 is 11.6 Å². The van der Waals surface area contributed by atoms with Crippen molar-refractivity contribution in [2.45, 2.75) is 0 Å². The van der Waals surface area contributed by atoms with E-state index < -0.39 is 0 Å². The Morgan fingerprint density at radius 1 is 1.38 bits per heavy atom. The van der Waals surface area contributed by atoms with Crippen LogP contribution in [0.2, 0.25) is 0 Å². The van der Waals surface area contributed by atoms with Crippen molar-refractivity contribution in [1.82, 2.24) is 4.98 Å². The fourth-order valence-electron chi connectivity index (χ4n) is 1.04. The summed E-state index contributed by atoms with van der Waals surface area (Å²) in [4.78, 5) is 4.27. The molecule has 66 valence electrons. The standard InChI is InChI=1S/C8H8N4S/c9-7(12-10)8-11-5-3-1-2-4-6(5)13-8/h1-4H,10H2,(H2,9,12). The molecule has 1 aromatic heterocycles. The predicted molar refractivity (Wildman–Crippen MR) is 54.5 cm³/mol. The van der Waals surface area contributed by atoms with Crippen LogP contribution in [-0.4, -0.2) is 10.8 Å². The van der Waals surface area contributed by atoms with Crippen molar-refractivity contribution in [2.24, 2.45) is 16.7 Å². The highest BCUT2D eigenvalue weighted by Crippen LogP contribution is 2.20. The summed E-state index contributed by atoms with van der Waals surface area (Å²) >= 11 is 1.48. The molecule has 0 atom stereocenters. The van der Waals surface area contributed by atoms with E-state index in [0.29, 0.717) is 5.01 Å². The zero-order valence-corrected chi connectivity index (χ0v) is 7.58. The van der Waals surface area contributed by atoms with E-state index in [2.05, 4.69) is 10.1 Å². The maximum Gasteiger partial charge on any atom is 0.179 e. The zero-order chi connectivity index (χ0) is 9.26. The van der Waals surface area contributed by atoms with E-state index >= 15 is 0 Å². The summed E-state index contributed by atoms with van der Waals surface area (Å²) in [6.45, 7) is 0. The van der Waals surface area contributed by atoms with Gasteiger partial charge in [-0.3, -0.25) is 0 Å². The van der Waals surface area contributed by atoms with Crippen LogP contribution in [0.15, 0.2) is 29.4 Å². The Balaban J connectivity index is 2.62.